The first-order valence-electron chi connectivity index (χ1n) is 10.2. The normalized spacial score (nSPS) is 15.1. The molecule has 0 aliphatic carbocycles. The number of hydrogen-bond acceptors (Lipinski definition) is 5. The molecule has 1 unspecified atom stereocenters. The molecule has 3 rings (SSSR count). The van der Waals surface area contributed by atoms with Crippen LogP contribution >= 0.6 is 11.8 Å². The average Bonchev–Trinajstić information content (AvgIpc) is 3.21. The van der Waals surface area contributed by atoms with Gasteiger partial charge in [0.25, 0.3) is 0 Å². The Kier molecular flexibility index (Phi) is 8.27. The maximum atomic E-state index is 14.0. The Labute approximate surface area is 191 Å². The largest absolute Gasteiger partial charge is 0.351 e. The maximum Gasteiger partial charge on any atom is 0.244 e. The van der Waals surface area contributed by atoms with Crippen molar-refractivity contribution in [1.29, 1.82) is 0 Å². The number of nitrogens with zero attached hydrogens (tertiary/aromatic N) is 1. The monoisotopic (exact) mass is 479 g/mol. The number of hydrogen-bond donors (Lipinski definition) is 2. The van der Waals surface area contributed by atoms with Gasteiger partial charge in [-0.1, -0.05) is 24.3 Å². The summed E-state index contributed by atoms with van der Waals surface area (Å²) in [7, 11) is -4.20. The van der Waals surface area contributed by atoms with Crippen LogP contribution in [-0.2, 0) is 26.2 Å². The Morgan fingerprint density at radius 1 is 1.19 bits per heavy atom. The second-order valence-electron chi connectivity index (χ2n) is 7.42. The summed E-state index contributed by atoms with van der Waals surface area (Å²) in [5.41, 5.74) is 1.63. The molecule has 2 N–H and O–H groups in total. The minimum absolute atomic E-state index is 0.102. The lowest BCUT2D eigenvalue weighted by Gasteiger charge is -2.19. The summed E-state index contributed by atoms with van der Waals surface area (Å²) in [5, 5.41) is 2.74. The second-order valence-corrected chi connectivity index (χ2v) is 10.1. The quantitative estimate of drug-likeness (QED) is 0.546. The summed E-state index contributed by atoms with van der Waals surface area (Å²) in [5.74, 6) is -0.709. The third kappa shape index (κ3) is 6.08. The lowest BCUT2D eigenvalue weighted by Crippen LogP contribution is -2.46. The predicted molar refractivity (Wildman–Crippen MR) is 123 cm³/mol. The van der Waals surface area contributed by atoms with Crippen molar-refractivity contribution < 1.29 is 22.4 Å². The minimum Gasteiger partial charge on any atom is -0.351 e. The molecule has 0 radical (unpaired) electrons. The number of anilines is 1. The van der Waals surface area contributed by atoms with Gasteiger partial charge >= 0.3 is 0 Å². The fourth-order valence-electron chi connectivity index (χ4n) is 3.42. The number of amides is 2. The molecule has 0 saturated carbocycles. The van der Waals surface area contributed by atoms with Gasteiger partial charge in [0.2, 0.25) is 21.8 Å². The van der Waals surface area contributed by atoms with E-state index < -0.39 is 32.7 Å². The lowest BCUT2D eigenvalue weighted by molar-refractivity contribution is -0.123. The Morgan fingerprint density at radius 3 is 2.53 bits per heavy atom. The van der Waals surface area contributed by atoms with E-state index in [-0.39, 0.29) is 18.9 Å². The van der Waals surface area contributed by atoms with Crippen molar-refractivity contribution in [1.82, 2.24) is 10.0 Å². The highest BCUT2D eigenvalue weighted by Crippen LogP contribution is 2.21. The number of halogens is 1. The molecule has 0 bridgehead atoms. The molecule has 1 aliphatic heterocycles. The van der Waals surface area contributed by atoms with Gasteiger partial charge in [0, 0.05) is 25.2 Å². The fourth-order valence-corrected chi connectivity index (χ4v) is 5.20. The Morgan fingerprint density at radius 2 is 1.91 bits per heavy atom. The summed E-state index contributed by atoms with van der Waals surface area (Å²) in [6, 6.07) is 11.3. The van der Waals surface area contributed by atoms with E-state index in [4.69, 9.17) is 0 Å². The van der Waals surface area contributed by atoms with E-state index in [1.807, 2.05) is 30.5 Å². The smallest absolute Gasteiger partial charge is 0.244 e. The van der Waals surface area contributed by atoms with Crippen LogP contribution in [0.25, 0.3) is 0 Å². The molecule has 1 fully saturated rings. The van der Waals surface area contributed by atoms with E-state index in [0.717, 1.165) is 29.8 Å². The molecule has 1 atom stereocenters. The molecule has 1 aliphatic rings. The third-order valence-corrected chi connectivity index (χ3v) is 7.29. The zero-order valence-corrected chi connectivity index (χ0v) is 19.3. The topological polar surface area (TPSA) is 95.6 Å². The predicted octanol–water partition coefficient (Wildman–Crippen LogP) is 2.67. The molecule has 10 heteroatoms. The van der Waals surface area contributed by atoms with Gasteiger partial charge in [-0.05, 0) is 54.7 Å². The van der Waals surface area contributed by atoms with E-state index in [9.17, 15) is 22.4 Å². The molecule has 1 saturated heterocycles. The Hall–Kier alpha value is -2.43. The van der Waals surface area contributed by atoms with Crippen LogP contribution < -0.4 is 14.9 Å². The highest BCUT2D eigenvalue weighted by atomic mass is 32.2. The maximum absolute atomic E-state index is 14.0. The molecule has 2 amide bonds. The molecule has 1 heterocycles. The highest BCUT2D eigenvalue weighted by Gasteiger charge is 2.27. The standard InChI is InChI=1S/C22H26FN3O4S2/c1-31-14-12-19(25-32(29,30)20-6-3-2-5-18(20)23)22(28)24-15-16-8-10-17(11-9-16)26-13-4-7-21(26)27/h2-3,5-6,8-11,19,25H,4,7,12-15H2,1H3,(H,24,28). The number of nitrogens with one attached hydrogen (secondary N) is 2. The van der Waals surface area contributed by atoms with E-state index in [0.29, 0.717) is 18.7 Å². The van der Waals surface area contributed by atoms with Crippen molar-refractivity contribution in [2.24, 2.45) is 0 Å². The highest BCUT2D eigenvalue weighted by molar-refractivity contribution is 7.98. The third-order valence-electron chi connectivity index (χ3n) is 5.14. The number of carbonyl (C=O) groups excluding carboxylic acids is 2. The zero-order chi connectivity index (χ0) is 23.1. The molecular weight excluding hydrogens is 453 g/mol. The molecule has 0 aromatic heterocycles. The van der Waals surface area contributed by atoms with Crippen LogP contribution in [0.2, 0.25) is 0 Å². The van der Waals surface area contributed by atoms with Crippen LogP contribution in [0, 0.1) is 5.82 Å². The van der Waals surface area contributed by atoms with Gasteiger partial charge in [0.05, 0.1) is 0 Å². The van der Waals surface area contributed by atoms with E-state index in [2.05, 4.69) is 10.0 Å². The van der Waals surface area contributed by atoms with Crippen molar-refractivity contribution >= 4 is 39.3 Å². The number of benzene rings is 2. The molecular formula is C22H26FN3O4S2. The first kappa shape index (κ1) is 24.2. The first-order chi connectivity index (χ1) is 15.3. The van der Waals surface area contributed by atoms with Crippen LogP contribution in [0.5, 0.6) is 0 Å². The fraction of sp³-hybridized carbons (Fsp3) is 0.364. The van der Waals surface area contributed by atoms with Gasteiger partial charge < -0.3 is 10.2 Å². The lowest BCUT2D eigenvalue weighted by atomic mass is 10.1. The van der Waals surface area contributed by atoms with Gasteiger partial charge in [-0.15, -0.1) is 0 Å². The van der Waals surface area contributed by atoms with Crippen molar-refractivity contribution in [2.45, 2.75) is 36.7 Å². The molecule has 2 aromatic rings. The molecule has 0 spiro atoms. The summed E-state index contributed by atoms with van der Waals surface area (Å²) in [4.78, 5) is 25.8. The zero-order valence-electron chi connectivity index (χ0n) is 17.7. The average molecular weight is 480 g/mol. The first-order valence-corrected chi connectivity index (χ1v) is 13.1. The van der Waals surface area contributed by atoms with Crippen LogP contribution in [-0.4, -0.2) is 44.8 Å². The summed E-state index contributed by atoms with van der Waals surface area (Å²) in [6.07, 6.45) is 3.51. The number of sulfonamides is 1. The van der Waals surface area contributed by atoms with Gasteiger partial charge in [-0.25, -0.2) is 12.8 Å². The number of thioether (sulfide) groups is 1. The minimum atomic E-state index is -4.20. The molecule has 2 aromatic carbocycles. The van der Waals surface area contributed by atoms with Crippen LogP contribution in [0.3, 0.4) is 0 Å². The summed E-state index contributed by atoms with van der Waals surface area (Å²) >= 11 is 1.48. The van der Waals surface area contributed by atoms with Gasteiger partial charge in [-0.3, -0.25) is 9.59 Å². The Balaban J connectivity index is 1.64. The Bertz CT molecular complexity index is 1060. The molecule has 172 valence electrons. The number of carbonyl (C=O) groups is 2. The van der Waals surface area contributed by atoms with E-state index in [1.165, 1.54) is 23.9 Å². The van der Waals surface area contributed by atoms with E-state index in [1.54, 1.807) is 4.90 Å². The van der Waals surface area contributed by atoms with Crippen molar-refractivity contribution in [3.8, 4) is 0 Å². The van der Waals surface area contributed by atoms with Crippen molar-refractivity contribution in [3.05, 3.63) is 59.9 Å². The van der Waals surface area contributed by atoms with Crippen LogP contribution in [0.15, 0.2) is 53.4 Å². The van der Waals surface area contributed by atoms with Crippen LogP contribution in [0.4, 0.5) is 10.1 Å². The van der Waals surface area contributed by atoms with Gasteiger partial charge in [-0.2, -0.15) is 16.5 Å². The number of rotatable bonds is 10. The molecule has 7 nitrogen and oxygen atoms in total. The van der Waals surface area contributed by atoms with Crippen molar-refractivity contribution in [3.63, 3.8) is 0 Å². The van der Waals surface area contributed by atoms with E-state index >= 15 is 0 Å². The van der Waals surface area contributed by atoms with Crippen LogP contribution in [0.1, 0.15) is 24.8 Å². The summed E-state index contributed by atoms with van der Waals surface area (Å²) < 4.78 is 41.6. The second kappa shape index (κ2) is 10.9. The summed E-state index contributed by atoms with van der Waals surface area (Å²) in [6.45, 7) is 0.901. The molecule has 32 heavy (non-hydrogen) atoms. The van der Waals surface area contributed by atoms with Gasteiger partial charge in [0.1, 0.15) is 16.8 Å². The SMILES string of the molecule is CSCCC(NS(=O)(=O)c1ccccc1F)C(=O)NCc1ccc(N2CCCC2=O)cc1. The van der Waals surface area contributed by atoms with Gasteiger partial charge in [0.15, 0.2) is 0 Å². The van der Waals surface area contributed by atoms with Crippen molar-refractivity contribution in [2.75, 3.05) is 23.5 Å².